The fourth-order valence-corrected chi connectivity index (χ4v) is 5.55. The molecule has 1 heterocycles. The van der Waals surface area contributed by atoms with Crippen molar-refractivity contribution < 1.29 is 8.42 Å². The van der Waals surface area contributed by atoms with E-state index in [1.54, 1.807) is 16.4 Å². The molecule has 0 aromatic heterocycles. The predicted octanol–water partition coefficient (Wildman–Crippen LogP) is 4.70. The maximum absolute atomic E-state index is 13.4. The van der Waals surface area contributed by atoms with Gasteiger partial charge in [0.25, 0.3) is 10.0 Å². The molecule has 0 bridgehead atoms. The largest absolute Gasteiger partial charge is 0.265 e. The first-order chi connectivity index (χ1) is 12.9. The van der Waals surface area contributed by atoms with Gasteiger partial charge in [0.1, 0.15) is 0 Å². The van der Waals surface area contributed by atoms with Gasteiger partial charge in [-0.1, -0.05) is 73.2 Å². The molecule has 4 rings (SSSR count). The van der Waals surface area contributed by atoms with Crippen molar-refractivity contribution in [2.24, 2.45) is 0 Å². The summed E-state index contributed by atoms with van der Waals surface area (Å²) in [5, 5.41) is 0. The first kappa shape index (κ1) is 17.8. The van der Waals surface area contributed by atoms with Gasteiger partial charge in [-0.3, -0.25) is 4.31 Å². The van der Waals surface area contributed by atoms with Gasteiger partial charge < -0.3 is 0 Å². The lowest BCUT2D eigenvalue weighted by molar-refractivity contribution is 0.504. The zero-order valence-electron chi connectivity index (χ0n) is 15.6. The summed E-state index contributed by atoms with van der Waals surface area (Å²) < 4.78 is 28.3. The Labute approximate surface area is 161 Å². The maximum atomic E-state index is 13.4. The standard InChI is InChI=1S/C23H23NO2S/c1-18-12-14-20(15-13-18)27(25,26)24-17-23(2,16-19-8-4-3-5-9-19)21-10-6-7-11-22(21)24/h3-15H,16-17H2,1-2H3/t23-/m1/s1. The summed E-state index contributed by atoms with van der Waals surface area (Å²) in [6, 6.07) is 25.2. The normalized spacial score (nSPS) is 19.1. The molecule has 0 saturated heterocycles. The lowest BCUT2D eigenvalue weighted by Gasteiger charge is -2.26. The van der Waals surface area contributed by atoms with E-state index in [0.717, 1.165) is 23.2 Å². The summed E-state index contributed by atoms with van der Waals surface area (Å²) in [6.45, 7) is 4.55. The van der Waals surface area contributed by atoms with E-state index in [1.165, 1.54) is 5.56 Å². The molecule has 138 valence electrons. The van der Waals surface area contributed by atoms with Crippen LogP contribution >= 0.6 is 0 Å². The highest BCUT2D eigenvalue weighted by Crippen LogP contribution is 2.44. The molecule has 1 aliphatic rings. The van der Waals surface area contributed by atoms with Gasteiger partial charge in [0.2, 0.25) is 0 Å². The quantitative estimate of drug-likeness (QED) is 0.661. The van der Waals surface area contributed by atoms with Crippen molar-refractivity contribution in [3.8, 4) is 0 Å². The number of rotatable bonds is 4. The molecule has 1 atom stereocenters. The number of para-hydroxylation sites is 1. The Morgan fingerprint density at radius 1 is 0.889 bits per heavy atom. The van der Waals surface area contributed by atoms with E-state index in [-0.39, 0.29) is 5.41 Å². The summed E-state index contributed by atoms with van der Waals surface area (Å²) in [4.78, 5) is 0.340. The van der Waals surface area contributed by atoms with Crippen molar-refractivity contribution in [1.82, 2.24) is 0 Å². The Morgan fingerprint density at radius 3 is 2.22 bits per heavy atom. The molecule has 3 aromatic rings. The third-order valence-corrected chi connectivity index (χ3v) is 7.14. The van der Waals surface area contributed by atoms with Gasteiger partial charge in [-0.05, 0) is 42.7 Å². The van der Waals surface area contributed by atoms with Gasteiger partial charge in [0.05, 0.1) is 10.6 Å². The molecule has 0 radical (unpaired) electrons. The zero-order valence-corrected chi connectivity index (χ0v) is 16.4. The highest BCUT2D eigenvalue weighted by Gasteiger charge is 2.43. The van der Waals surface area contributed by atoms with Crippen molar-refractivity contribution in [1.29, 1.82) is 0 Å². The first-order valence-electron chi connectivity index (χ1n) is 9.13. The molecule has 0 N–H and O–H groups in total. The van der Waals surface area contributed by atoms with E-state index in [4.69, 9.17) is 0 Å². The van der Waals surface area contributed by atoms with E-state index < -0.39 is 10.0 Å². The summed E-state index contributed by atoms with van der Waals surface area (Å²) >= 11 is 0. The summed E-state index contributed by atoms with van der Waals surface area (Å²) in [6.07, 6.45) is 0.796. The minimum atomic E-state index is -3.60. The number of hydrogen-bond donors (Lipinski definition) is 0. The molecule has 0 spiro atoms. The van der Waals surface area contributed by atoms with Crippen LogP contribution in [-0.2, 0) is 21.9 Å². The Hall–Kier alpha value is -2.59. The van der Waals surface area contributed by atoms with E-state index in [0.29, 0.717) is 11.4 Å². The molecular weight excluding hydrogens is 354 g/mol. The Morgan fingerprint density at radius 2 is 1.52 bits per heavy atom. The van der Waals surface area contributed by atoms with Gasteiger partial charge in [-0.15, -0.1) is 0 Å². The zero-order chi connectivity index (χ0) is 19.1. The van der Waals surface area contributed by atoms with Gasteiger partial charge in [0.15, 0.2) is 0 Å². The number of hydrogen-bond acceptors (Lipinski definition) is 2. The molecule has 0 fully saturated rings. The van der Waals surface area contributed by atoms with Crippen LogP contribution in [0.5, 0.6) is 0 Å². The summed E-state index contributed by atoms with van der Waals surface area (Å²) in [7, 11) is -3.60. The minimum absolute atomic E-state index is 0.268. The SMILES string of the molecule is Cc1ccc(S(=O)(=O)N2C[C@@](C)(Cc3ccccc3)c3ccccc32)cc1. The molecule has 3 aromatic carbocycles. The van der Waals surface area contributed by atoms with Gasteiger partial charge in [-0.25, -0.2) is 8.42 Å². The molecule has 0 unspecified atom stereocenters. The van der Waals surface area contributed by atoms with Crippen molar-refractivity contribution in [2.75, 3.05) is 10.8 Å². The molecule has 0 amide bonds. The van der Waals surface area contributed by atoms with Crippen LogP contribution in [0.1, 0.15) is 23.6 Å². The Balaban J connectivity index is 1.77. The minimum Gasteiger partial charge on any atom is -0.265 e. The Kier molecular flexibility index (Phi) is 4.31. The fourth-order valence-electron chi connectivity index (χ4n) is 3.94. The van der Waals surface area contributed by atoms with Gasteiger partial charge in [0, 0.05) is 12.0 Å². The number of fused-ring (bicyclic) bond motifs is 1. The third-order valence-electron chi connectivity index (χ3n) is 5.36. The van der Waals surface area contributed by atoms with Gasteiger partial charge in [-0.2, -0.15) is 0 Å². The monoisotopic (exact) mass is 377 g/mol. The van der Waals surface area contributed by atoms with E-state index in [2.05, 4.69) is 25.1 Å². The van der Waals surface area contributed by atoms with Gasteiger partial charge >= 0.3 is 0 Å². The van der Waals surface area contributed by atoms with Crippen LogP contribution in [0.4, 0.5) is 5.69 Å². The van der Waals surface area contributed by atoms with Crippen LogP contribution < -0.4 is 4.31 Å². The molecule has 3 nitrogen and oxygen atoms in total. The number of aryl methyl sites for hydroxylation is 1. The molecule has 4 heteroatoms. The van der Waals surface area contributed by atoms with Crippen LogP contribution in [0.2, 0.25) is 0 Å². The summed E-state index contributed by atoms with van der Waals surface area (Å²) in [5.41, 5.74) is 3.87. The highest BCUT2D eigenvalue weighted by atomic mass is 32.2. The second-order valence-electron chi connectivity index (χ2n) is 7.56. The smallest absolute Gasteiger partial charge is 0.264 e. The van der Waals surface area contributed by atoms with Crippen LogP contribution in [0.15, 0.2) is 83.8 Å². The van der Waals surface area contributed by atoms with Crippen LogP contribution in [0.25, 0.3) is 0 Å². The first-order valence-corrected chi connectivity index (χ1v) is 10.6. The number of benzene rings is 3. The topological polar surface area (TPSA) is 37.4 Å². The molecule has 0 saturated carbocycles. The number of anilines is 1. The fraction of sp³-hybridized carbons (Fsp3) is 0.217. The van der Waals surface area contributed by atoms with Crippen LogP contribution in [0.3, 0.4) is 0 Å². The lowest BCUT2D eigenvalue weighted by atomic mass is 9.79. The Bertz CT molecular complexity index is 1060. The molecule has 27 heavy (non-hydrogen) atoms. The van der Waals surface area contributed by atoms with Crippen LogP contribution in [-0.4, -0.2) is 15.0 Å². The predicted molar refractivity (Wildman–Crippen MR) is 110 cm³/mol. The second kappa shape index (κ2) is 6.54. The molecular formula is C23H23NO2S. The molecule has 0 aliphatic carbocycles. The lowest BCUT2D eigenvalue weighted by Crippen LogP contribution is -2.36. The highest BCUT2D eigenvalue weighted by molar-refractivity contribution is 7.92. The number of nitrogens with zero attached hydrogens (tertiary/aromatic N) is 1. The van der Waals surface area contributed by atoms with Crippen molar-refractivity contribution in [3.63, 3.8) is 0 Å². The van der Waals surface area contributed by atoms with Crippen molar-refractivity contribution >= 4 is 15.7 Å². The van der Waals surface area contributed by atoms with E-state index in [1.807, 2.05) is 55.5 Å². The maximum Gasteiger partial charge on any atom is 0.264 e. The summed E-state index contributed by atoms with van der Waals surface area (Å²) in [5.74, 6) is 0. The van der Waals surface area contributed by atoms with Crippen LogP contribution in [0, 0.1) is 6.92 Å². The van der Waals surface area contributed by atoms with E-state index in [9.17, 15) is 8.42 Å². The number of sulfonamides is 1. The van der Waals surface area contributed by atoms with Crippen molar-refractivity contribution in [2.45, 2.75) is 30.6 Å². The third kappa shape index (κ3) is 3.15. The average Bonchev–Trinajstić information content (AvgIpc) is 2.97. The second-order valence-corrected chi connectivity index (χ2v) is 9.43. The van der Waals surface area contributed by atoms with Crippen molar-refractivity contribution in [3.05, 3.63) is 95.6 Å². The average molecular weight is 378 g/mol. The van der Waals surface area contributed by atoms with E-state index >= 15 is 0 Å². The molecule has 1 aliphatic heterocycles.